The summed E-state index contributed by atoms with van der Waals surface area (Å²) >= 11 is 0. The zero-order chi connectivity index (χ0) is 13.4. The molecular weight excluding hydrogens is 226 g/mol. The number of hydrogen-bond acceptors (Lipinski definition) is 3. The second-order valence-electron chi connectivity index (χ2n) is 3.89. The molecule has 0 radical (unpaired) electrons. The van der Waals surface area contributed by atoms with Gasteiger partial charge in [0.15, 0.2) is 11.5 Å². The SMILES string of the molecule is C=CCOc1ccc(N=C(C)C)cc1OCC=C. The van der Waals surface area contributed by atoms with Gasteiger partial charge in [0.05, 0.1) is 5.69 Å². The monoisotopic (exact) mass is 245 g/mol. The van der Waals surface area contributed by atoms with Crippen LogP contribution in [-0.2, 0) is 0 Å². The Bertz CT molecular complexity index is 446. The second kappa shape index (κ2) is 7.33. The first-order valence-electron chi connectivity index (χ1n) is 5.80. The van der Waals surface area contributed by atoms with Crippen molar-refractivity contribution in [2.24, 2.45) is 4.99 Å². The van der Waals surface area contributed by atoms with Crippen molar-refractivity contribution in [2.45, 2.75) is 13.8 Å². The van der Waals surface area contributed by atoms with Gasteiger partial charge < -0.3 is 9.47 Å². The Hall–Kier alpha value is -2.03. The van der Waals surface area contributed by atoms with E-state index in [1.165, 1.54) is 0 Å². The molecule has 0 aliphatic rings. The van der Waals surface area contributed by atoms with Crippen LogP contribution in [0.2, 0.25) is 0 Å². The lowest BCUT2D eigenvalue weighted by molar-refractivity contribution is 0.308. The largest absolute Gasteiger partial charge is 0.486 e. The topological polar surface area (TPSA) is 30.8 Å². The average molecular weight is 245 g/mol. The molecule has 0 saturated carbocycles. The molecule has 0 aliphatic carbocycles. The maximum atomic E-state index is 5.56. The van der Waals surface area contributed by atoms with E-state index in [4.69, 9.17) is 9.47 Å². The minimum Gasteiger partial charge on any atom is -0.486 e. The van der Waals surface area contributed by atoms with Gasteiger partial charge in [-0.2, -0.15) is 0 Å². The Kier molecular flexibility index (Phi) is 5.71. The molecule has 0 bridgehead atoms. The molecule has 18 heavy (non-hydrogen) atoms. The summed E-state index contributed by atoms with van der Waals surface area (Å²) in [5.41, 5.74) is 1.84. The van der Waals surface area contributed by atoms with Crippen molar-refractivity contribution in [2.75, 3.05) is 13.2 Å². The molecule has 0 aromatic heterocycles. The molecule has 1 rings (SSSR count). The van der Waals surface area contributed by atoms with Crippen molar-refractivity contribution in [1.82, 2.24) is 0 Å². The van der Waals surface area contributed by atoms with Gasteiger partial charge >= 0.3 is 0 Å². The summed E-state index contributed by atoms with van der Waals surface area (Å²) in [6, 6.07) is 5.60. The zero-order valence-corrected chi connectivity index (χ0v) is 11.0. The van der Waals surface area contributed by atoms with Crippen molar-refractivity contribution in [3.8, 4) is 11.5 Å². The fourth-order valence-corrected chi connectivity index (χ4v) is 1.35. The summed E-state index contributed by atoms with van der Waals surface area (Å²) in [5.74, 6) is 1.35. The molecule has 1 aromatic carbocycles. The Morgan fingerprint density at radius 3 is 2.28 bits per heavy atom. The third-order valence-corrected chi connectivity index (χ3v) is 1.99. The maximum Gasteiger partial charge on any atom is 0.163 e. The van der Waals surface area contributed by atoms with E-state index in [-0.39, 0.29) is 0 Å². The first kappa shape index (κ1) is 14.0. The van der Waals surface area contributed by atoms with Crippen LogP contribution in [0.15, 0.2) is 48.5 Å². The third-order valence-electron chi connectivity index (χ3n) is 1.99. The van der Waals surface area contributed by atoms with Gasteiger partial charge in [-0.1, -0.05) is 25.3 Å². The lowest BCUT2D eigenvalue weighted by atomic mass is 10.2. The van der Waals surface area contributed by atoms with Gasteiger partial charge in [-0.05, 0) is 26.0 Å². The maximum absolute atomic E-state index is 5.56. The van der Waals surface area contributed by atoms with E-state index in [2.05, 4.69) is 18.2 Å². The van der Waals surface area contributed by atoms with Crippen LogP contribution in [0.4, 0.5) is 5.69 Å². The summed E-state index contributed by atoms with van der Waals surface area (Å²) < 4.78 is 11.1. The van der Waals surface area contributed by atoms with Crippen molar-refractivity contribution in [1.29, 1.82) is 0 Å². The standard InChI is InChI=1S/C15H19NO2/c1-5-9-17-14-8-7-13(16-12(3)4)11-15(14)18-10-6-2/h5-8,11H,1-2,9-10H2,3-4H3. The number of hydrogen-bond donors (Lipinski definition) is 0. The van der Waals surface area contributed by atoms with E-state index >= 15 is 0 Å². The van der Waals surface area contributed by atoms with Gasteiger partial charge in [-0.3, -0.25) is 4.99 Å². The molecular formula is C15H19NO2. The van der Waals surface area contributed by atoms with Gasteiger partial charge in [-0.25, -0.2) is 0 Å². The van der Waals surface area contributed by atoms with E-state index in [9.17, 15) is 0 Å². The molecule has 0 aliphatic heterocycles. The normalized spacial score (nSPS) is 9.44. The Balaban J connectivity index is 2.98. The highest BCUT2D eigenvalue weighted by Crippen LogP contribution is 2.32. The van der Waals surface area contributed by atoms with Crippen LogP contribution in [0.5, 0.6) is 11.5 Å². The smallest absolute Gasteiger partial charge is 0.163 e. The van der Waals surface area contributed by atoms with Crippen molar-refractivity contribution in [3.63, 3.8) is 0 Å². The molecule has 3 nitrogen and oxygen atoms in total. The molecule has 0 saturated heterocycles. The minimum atomic E-state index is 0.433. The fourth-order valence-electron chi connectivity index (χ4n) is 1.35. The van der Waals surface area contributed by atoms with E-state index in [1.807, 2.05) is 32.0 Å². The van der Waals surface area contributed by atoms with Gasteiger partial charge in [0.2, 0.25) is 0 Å². The fraction of sp³-hybridized carbons (Fsp3) is 0.267. The van der Waals surface area contributed by atoms with Crippen LogP contribution in [0.3, 0.4) is 0 Å². The lowest BCUT2D eigenvalue weighted by Gasteiger charge is -2.11. The molecule has 0 fully saturated rings. The summed E-state index contributed by atoms with van der Waals surface area (Å²) in [4.78, 5) is 4.38. The number of aliphatic imine (C=N–C) groups is 1. The minimum absolute atomic E-state index is 0.433. The quantitative estimate of drug-likeness (QED) is 0.538. The van der Waals surface area contributed by atoms with Crippen LogP contribution >= 0.6 is 0 Å². The summed E-state index contributed by atoms with van der Waals surface area (Å²) in [6.07, 6.45) is 3.39. The highest BCUT2D eigenvalue weighted by Gasteiger charge is 2.05. The van der Waals surface area contributed by atoms with Crippen LogP contribution in [0.25, 0.3) is 0 Å². The molecule has 0 N–H and O–H groups in total. The molecule has 0 spiro atoms. The summed E-state index contributed by atoms with van der Waals surface area (Å²) in [5, 5.41) is 0. The van der Waals surface area contributed by atoms with Crippen LogP contribution in [-0.4, -0.2) is 18.9 Å². The Morgan fingerprint density at radius 2 is 1.72 bits per heavy atom. The zero-order valence-electron chi connectivity index (χ0n) is 11.0. The highest BCUT2D eigenvalue weighted by molar-refractivity contribution is 5.82. The van der Waals surface area contributed by atoms with Crippen molar-refractivity contribution >= 4 is 11.4 Å². The molecule has 0 heterocycles. The number of nitrogens with zero attached hydrogens (tertiary/aromatic N) is 1. The average Bonchev–Trinajstić information content (AvgIpc) is 2.34. The summed E-state index contributed by atoms with van der Waals surface area (Å²) in [6.45, 7) is 12.0. The van der Waals surface area contributed by atoms with Crippen LogP contribution in [0.1, 0.15) is 13.8 Å². The number of ether oxygens (including phenoxy) is 2. The molecule has 96 valence electrons. The van der Waals surface area contributed by atoms with E-state index in [0.717, 1.165) is 11.4 Å². The van der Waals surface area contributed by atoms with Gasteiger partial charge in [0, 0.05) is 11.8 Å². The van der Waals surface area contributed by atoms with Crippen LogP contribution in [0, 0.1) is 0 Å². The first-order valence-corrected chi connectivity index (χ1v) is 5.80. The molecule has 1 aromatic rings. The molecule has 0 unspecified atom stereocenters. The second-order valence-corrected chi connectivity index (χ2v) is 3.89. The molecule has 3 heteroatoms. The Morgan fingerprint density at radius 1 is 1.11 bits per heavy atom. The number of rotatable bonds is 7. The highest BCUT2D eigenvalue weighted by atomic mass is 16.5. The van der Waals surface area contributed by atoms with Gasteiger partial charge in [-0.15, -0.1) is 0 Å². The van der Waals surface area contributed by atoms with Gasteiger partial charge in [0.1, 0.15) is 13.2 Å². The Labute approximate surface area is 108 Å². The number of benzene rings is 1. The third kappa shape index (κ3) is 4.45. The summed E-state index contributed by atoms with van der Waals surface area (Å²) in [7, 11) is 0. The predicted molar refractivity (Wildman–Crippen MR) is 76.3 cm³/mol. The van der Waals surface area contributed by atoms with Crippen molar-refractivity contribution < 1.29 is 9.47 Å². The van der Waals surface area contributed by atoms with Crippen molar-refractivity contribution in [3.05, 3.63) is 43.5 Å². The van der Waals surface area contributed by atoms with Crippen LogP contribution < -0.4 is 9.47 Å². The molecule has 0 amide bonds. The molecule has 0 atom stereocenters. The van der Waals surface area contributed by atoms with E-state index in [0.29, 0.717) is 24.7 Å². The lowest BCUT2D eigenvalue weighted by Crippen LogP contribution is -1.99. The van der Waals surface area contributed by atoms with Gasteiger partial charge in [0.25, 0.3) is 0 Å². The predicted octanol–water partition coefficient (Wildman–Crippen LogP) is 3.93. The first-order chi connectivity index (χ1) is 8.67. The van der Waals surface area contributed by atoms with E-state index in [1.54, 1.807) is 12.2 Å². The van der Waals surface area contributed by atoms with E-state index < -0.39 is 0 Å².